The average molecular weight is 282 g/mol. The number of hydrogen-bond acceptors (Lipinski definition) is 2. The fraction of sp³-hybridized carbons (Fsp3) is 0.867. The highest BCUT2D eigenvalue weighted by molar-refractivity contribution is 5.77. The van der Waals surface area contributed by atoms with Crippen LogP contribution in [0.15, 0.2) is 0 Å². The van der Waals surface area contributed by atoms with Crippen molar-refractivity contribution in [3.8, 4) is 0 Å². The van der Waals surface area contributed by atoms with Crippen LogP contribution in [0.5, 0.6) is 0 Å². The van der Waals surface area contributed by atoms with E-state index in [1.165, 1.54) is 0 Å². The molecule has 1 saturated carbocycles. The molecule has 5 heteroatoms. The third-order valence-corrected chi connectivity index (χ3v) is 5.00. The number of rotatable bonds is 2. The van der Waals surface area contributed by atoms with Gasteiger partial charge in [-0.1, -0.05) is 20.3 Å². The number of piperidine rings is 1. The van der Waals surface area contributed by atoms with Crippen molar-refractivity contribution in [1.29, 1.82) is 0 Å². The lowest BCUT2D eigenvalue weighted by molar-refractivity contribution is -0.142. The fourth-order valence-corrected chi connectivity index (χ4v) is 3.65. The van der Waals surface area contributed by atoms with Crippen LogP contribution >= 0.6 is 0 Å². The first-order valence-electron chi connectivity index (χ1n) is 7.70. The van der Waals surface area contributed by atoms with Gasteiger partial charge in [-0.25, -0.2) is 4.79 Å². The molecule has 5 nitrogen and oxygen atoms in total. The highest BCUT2D eigenvalue weighted by Crippen LogP contribution is 2.29. The number of carbonyl (C=O) groups is 2. The van der Waals surface area contributed by atoms with Gasteiger partial charge in [0.2, 0.25) is 0 Å². The van der Waals surface area contributed by atoms with Crippen LogP contribution in [-0.4, -0.2) is 40.6 Å². The standard InChI is InChI=1S/C15H26N2O3/c1-9-7-10(2)11(3)17(8-9)15(20)16-13-6-4-5-12(13)14(18)19/h9-13H,4-8H2,1-3H3,(H,16,20)(H,18,19). The van der Waals surface area contributed by atoms with E-state index in [0.29, 0.717) is 18.3 Å². The summed E-state index contributed by atoms with van der Waals surface area (Å²) in [6.07, 6.45) is 3.47. The van der Waals surface area contributed by atoms with Crippen molar-refractivity contribution in [1.82, 2.24) is 10.2 Å². The summed E-state index contributed by atoms with van der Waals surface area (Å²) in [6.45, 7) is 7.19. The van der Waals surface area contributed by atoms with Gasteiger partial charge in [0, 0.05) is 18.6 Å². The van der Waals surface area contributed by atoms with E-state index in [-0.39, 0.29) is 18.1 Å². The molecule has 2 rings (SSSR count). The van der Waals surface area contributed by atoms with Crippen LogP contribution in [-0.2, 0) is 4.79 Å². The monoisotopic (exact) mass is 282 g/mol. The van der Waals surface area contributed by atoms with Crippen molar-refractivity contribution in [2.75, 3.05) is 6.54 Å². The first kappa shape index (κ1) is 15.1. The molecule has 5 unspecified atom stereocenters. The van der Waals surface area contributed by atoms with Crippen LogP contribution in [0.2, 0.25) is 0 Å². The lowest BCUT2D eigenvalue weighted by atomic mass is 9.86. The van der Waals surface area contributed by atoms with E-state index in [0.717, 1.165) is 25.8 Å². The van der Waals surface area contributed by atoms with E-state index in [1.807, 2.05) is 4.90 Å². The Bertz CT molecular complexity index is 385. The molecule has 1 aliphatic heterocycles. The van der Waals surface area contributed by atoms with Crippen molar-refractivity contribution in [2.24, 2.45) is 17.8 Å². The molecular weight excluding hydrogens is 256 g/mol. The normalized spacial score (nSPS) is 37.8. The second kappa shape index (κ2) is 6.02. The lowest BCUT2D eigenvalue weighted by Gasteiger charge is -2.41. The quantitative estimate of drug-likeness (QED) is 0.816. The number of aliphatic carboxylic acids is 1. The molecule has 20 heavy (non-hydrogen) atoms. The molecular formula is C15H26N2O3. The number of urea groups is 1. The predicted octanol–water partition coefficient (Wildman–Crippen LogP) is 2.32. The van der Waals surface area contributed by atoms with E-state index < -0.39 is 11.9 Å². The molecule has 0 aromatic heterocycles. The summed E-state index contributed by atoms with van der Waals surface area (Å²) in [6, 6.07) is -0.0790. The summed E-state index contributed by atoms with van der Waals surface area (Å²) in [5.74, 6) is -0.218. The van der Waals surface area contributed by atoms with Crippen molar-refractivity contribution in [3.05, 3.63) is 0 Å². The number of amides is 2. The van der Waals surface area contributed by atoms with Crippen LogP contribution in [0.4, 0.5) is 4.79 Å². The molecule has 1 aliphatic carbocycles. The van der Waals surface area contributed by atoms with Gasteiger partial charge in [-0.2, -0.15) is 0 Å². The van der Waals surface area contributed by atoms with Crippen molar-refractivity contribution in [2.45, 2.75) is 58.5 Å². The van der Waals surface area contributed by atoms with E-state index in [4.69, 9.17) is 0 Å². The summed E-state index contributed by atoms with van der Waals surface area (Å²) in [4.78, 5) is 25.5. The minimum absolute atomic E-state index is 0.0888. The predicted molar refractivity (Wildman–Crippen MR) is 76.4 cm³/mol. The van der Waals surface area contributed by atoms with Crippen molar-refractivity contribution in [3.63, 3.8) is 0 Å². The second-order valence-corrected chi connectivity index (χ2v) is 6.64. The Balaban J connectivity index is 1.98. The van der Waals surface area contributed by atoms with Crippen LogP contribution in [0.25, 0.3) is 0 Å². The van der Waals surface area contributed by atoms with Crippen molar-refractivity contribution >= 4 is 12.0 Å². The summed E-state index contributed by atoms with van der Waals surface area (Å²) >= 11 is 0. The molecule has 1 saturated heterocycles. The van der Waals surface area contributed by atoms with E-state index in [1.54, 1.807) is 0 Å². The minimum atomic E-state index is -0.791. The molecule has 0 spiro atoms. The van der Waals surface area contributed by atoms with Crippen molar-refractivity contribution < 1.29 is 14.7 Å². The number of nitrogens with one attached hydrogen (secondary N) is 1. The molecule has 2 amide bonds. The molecule has 5 atom stereocenters. The number of carbonyl (C=O) groups excluding carboxylic acids is 1. The zero-order valence-corrected chi connectivity index (χ0v) is 12.6. The summed E-state index contributed by atoms with van der Waals surface area (Å²) in [5, 5.41) is 12.1. The third-order valence-electron chi connectivity index (χ3n) is 5.00. The maximum atomic E-state index is 12.4. The first-order valence-corrected chi connectivity index (χ1v) is 7.70. The smallest absolute Gasteiger partial charge is 0.317 e. The number of carboxylic acids is 1. The van der Waals surface area contributed by atoms with Gasteiger partial charge in [0.05, 0.1) is 5.92 Å². The molecule has 0 bridgehead atoms. The topological polar surface area (TPSA) is 69.6 Å². The fourth-order valence-electron chi connectivity index (χ4n) is 3.65. The van der Waals surface area contributed by atoms with Crippen LogP contribution in [0, 0.1) is 17.8 Å². The second-order valence-electron chi connectivity index (χ2n) is 6.64. The largest absolute Gasteiger partial charge is 0.481 e. The minimum Gasteiger partial charge on any atom is -0.481 e. The van der Waals surface area contributed by atoms with Gasteiger partial charge in [0.15, 0.2) is 0 Å². The first-order chi connectivity index (χ1) is 9.40. The Kier molecular flexibility index (Phi) is 4.55. The highest BCUT2D eigenvalue weighted by Gasteiger charge is 2.37. The van der Waals surface area contributed by atoms with Gasteiger partial charge in [-0.05, 0) is 38.0 Å². The van der Waals surface area contributed by atoms with Crippen LogP contribution in [0.3, 0.4) is 0 Å². The zero-order valence-electron chi connectivity index (χ0n) is 12.6. The SMILES string of the molecule is CC1CC(C)C(C)N(C(=O)NC2CCCC2C(=O)O)C1. The average Bonchev–Trinajstić information content (AvgIpc) is 2.81. The Labute approximate surface area is 120 Å². The van der Waals surface area contributed by atoms with Gasteiger partial charge < -0.3 is 15.3 Å². The Morgan fingerprint density at radius 2 is 1.90 bits per heavy atom. The Morgan fingerprint density at radius 1 is 1.20 bits per heavy atom. The van der Waals surface area contributed by atoms with E-state index >= 15 is 0 Å². The Morgan fingerprint density at radius 3 is 2.55 bits per heavy atom. The molecule has 0 radical (unpaired) electrons. The number of hydrogen-bond donors (Lipinski definition) is 2. The van der Waals surface area contributed by atoms with Gasteiger partial charge in [0.1, 0.15) is 0 Å². The number of likely N-dealkylation sites (tertiary alicyclic amines) is 1. The molecule has 2 N–H and O–H groups in total. The van der Waals surface area contributed by atoms with Gasteiger partial charge in [-0.3, -0.25) is 4.79 Å². The van der Waals surface area contributed by atoms with Gasteiger partial charge >= 0.3 is 12.0 Å². The molecule has 2 aliphatic rings. The van der Waals surface area contributed by atoms with Crippen LogP contribution in [0.1, 0.15) is 46.5 Å². The third kappa shape index (κ3) is 3.07. The molecule has 2 fully saturated rings. The maximum absolute atomic E-state index is 12.4. The molecule has 0 aromatic carbocycles. The molecule has 1 heterocycles. The summed E-state index contributed by atoms with van der Waals surface area (Å²) in [7, 11) is 0. The lowest BCUT2D eigenvalue weighted by Crippen LogP contribution is -2.55. The summed E-state index contributed by atoms with van der Waals surface area (Å²) < 4.78 is 0. The highest BCUT2D eigenvalue weighted by atomic mass is 16.4. The van der Waals surface area contributed by atoms with Crippen LogP contribution < -0.4 is 5.32 Å². The summed E-state index contributed by atoms with van der Waals surface area (Å²) in [5.41, 5.74) is 0. The van der Waals surface area contributed by atoms with E-state index in [2.05, 4.69) is 26.1 Å². The van der Waals surface area contributed by atoms with E-state index in [9.17, 15) is 14.7 Å². The van der Waals surface area contributed by atoms with Gasteiger partial charge in [0.25, 0.3) is 0 Å². The molecule has 114 valence electrons. The Hall–Kier alpha value is -1.26. The zero-order chi connectivity index (χ0) is 14.9. The molecule has 0 aromatic rings. The number of nitrogens with zero attached hydrogens (tertiary/aromatic N) is 1. The maximum Gasteiger partial charge on any atom is 0.317 e. The number of carboxylic acid groups (broad SMARTS) is 1. The van der Waals surface area contributed by atoms with Gasteiger partial charge in [-0.15, -0.1) is 0 Å².